The molecular weight excluding hydrogens is 259 g/mol. The van der Waals surface area contributed by atoms with Gasteiger partial charge in [-0.15, -0.1) is 0 Å². The van der Waals surface area contributed by atoms with Gasteiger partial charge in [0.1, 0.15) is 11.0 Å². The standard InChI is InChI=1S/C11H6Cl2N4/c12-10-9-8(14-11(13)15-10)6-17(16-9)7-4-2-1-3-5-7/h1-6H. The van der Waals surface area contributed by atoms with Crippen molar-refractivity contribution in [2.75, 3.05) is 0 Å². The van der Waals surface area contributed by atoms with Gasteiger partial charge in [0, 0.05) is 0 Å². The number of para-hydroxylation sites is 1. The lowest BCUT2D eigenvalue weighted by atomic mass is 10.3. The van der Waals surface area contributed by atoms with Crippen LogP contribution in [0.4, 0.5) is 0 Å². The van der Waals surface area contributed by atoms with Gasteiger partial charge in [-0.3, -0.25) is 0 Å². The lowest BCUT2D eigenvalue weighted by Crippen LogP contribution is -1.92. The zero-order chi connectivity index (χ0) is 11.8. The molecule has 0 aliphatic carbocycles. The largest absolute Gasteiger partial charge is 0.238 e. The quantitative estimate of drug-likeness (QED) is 0.501. The molecule has 0 spiro atoms. The Bertz CT molecular complexity index is 679. The first-order chi connectivity index (χ1) is 8.24. The first-order valence-corrected chi connectivity index (χ1v) is 5.63. The van der Waals surface area contributed by atoms with E-state index in [9.17, 15) is 0 Å². The minimum absolute atomic E-state index is 0.120. The maximum Gasteiger partial charge on any atom is 0.224 e. The minimum Gasteiger partial charge on any atom is -0.238 e. The van der Waals surface area contributed by atoms with Gasteiger partial charge in [-0.2, -0.15) is 5.10 Å². The Labute approximate surface area is 107 Å². The predicted octanol–water partition coefficient (Wildman–Crippen LogP) is 3.12. The molecule has 6 heteroatoms. The Hall–Kier alpha value is -1.65. The van der Waals surface area contributed by atoms with Crippen molar-refractivity contribution in [1.82, 2.24) is 19.7 Å². The molecule has 0 aliphatic heterocycles. The van der Waals surface area contributed by atoms with E-state index < -0.39 is 0 Å². The number of aromatic nitrogens is 4. The van der Waals surface area contributed by atoms with Crippen LogP contribution >= 0.6 is 23.2 Å². The Balaban J connectivity index is 2.24. The number of rotatable bonds is 1. The summed E-state index contributed by atoms with van der Waals surface area (Å²) in [6, 6.07) is 9.68. The molecule has 3 rings (SSSR count). The zero-order valence-corrected chi connectivity index (χ0v) is 10.0. The summed E-state index contributed by atoms with van der Waals surface area (Å²) in [7, 11) is 0. The maximum atomic E-state index is 5.95. The molecule has 0 fully saturated rings. The predicted molar refractivity (Wildman–Crippen MR) is 66.7 cm³/mol. The van der Waals surface area contributed by atoms with Crippen molar-refractivity contribution in [2.45, 2.75) is 0 Å². The van der Waals surface area contributed by atoms with Crippen LogP contribution in [0.5, 0.6) is 0 Å². The van der Waals surface area contributed by atoms with Crippen LogP contribution in [0.2, 0.25) is 10.4 Å². The van der Waals surface area contributed by atoms with Crippen molar-refractivity contribution in [3.8, 4) is 5.69 Å². The summed E-state index contributed by atoms with van der Waals surface area (Å²) in [5.41, 5.74) is 2.09. The van der Waals surface area contributed by atoms with Crippen molar-refractivity contribution in [2.24, 2.45) is 0 Å². The second-order valence-electron chi connectivity index (χ2n) is 3.43. The molecule has 0 radical (unpaired) electrons. The van der Waals surface area contributed by atoms with Crippen LogP contribution in [0.25, 0.3) is 16.7 Å². The molecule has 17 heavy (non-hydrogen) atoms. The van der Waals surface area contributed by atoms with E-state index in [1.54, 1.807) is 10.9 Å². The number of hydrogen-bond donors (Lipinski definition) is 0. The number of nitrogens with zero attached hydrogens (tertiary/aromatic N) is 4. The summed E-state index contributed by atoms with van der Waals surface area (Å²) >= 11 is 11.7. The fraction of sp³-hybridized carbons (Fsp3) is 0. The number of benzene rings is 1. The Kier molecular flexibility index (Phi) is 2.46. The molecule has 0 saturated carbocycles. The topological polar surface area (TPSA) is 43.6 Å². The zero-order valence-electron chi connectivity index (χ0n) is 8.51. The van der Waals surface area contributed by atoms with E-state index in [4.69, 9.17) is 23.2 Å². The van der Waals surface area contributed by atoms with E-state index in [0.29, 0.717) is 11.0 Å². The molecule has 0 unspecified atom stereocenters. The van der Waals surface area contributed by atoms with Crippen LogP contribution in [0.1, 0.15) is 0 Å². The molecule has 0 aliphatic rings. The minimum atomic E-state index is 0.120. The molecule has 3 aromatic rings. The third kappa shape index (κ3) is 1.85. The number of hydrogen-bond acceptors (Lipinski definition) is 3. The maximum absolute atomic E-state index is 5.95. The molecule has 4 nitrogen and oxygen atoms in total. The summed E-state index contributed by atoms with van der Waals surface area (Å²) < 4.78 is 1.70. The van der Waals surface area contributed by atoms with E-state index in [0.717, 1.165) is 5.69 Å². The van der Waals surface area contributed by atoms with E-state index >= 15 is 0 Å². The van der Waals surface area contributed by atoms with Gasteiger partial charge in [0.25, 0.3) is 0 Å². The molecule has 0 N–H and O–H groups in total. The summed E-state index contributed by atoms with van der Waals surface area (Å²) in [4.78, 5) is 7.92. The smallest absolute Gasteiger partial charge is 0.224 e. The Morgan fingerprint density at radius 1 is 1.00 bits per heavy atom. The van der Waals surface area contributed by atoms with Gasteiger partial charge in [-0.25, -0.2) is 14.6 Å². The summed E-state index contributed by atoms with van der Waals surface area (Å²) in [6.45, 7) is 0. The molecule has 0 bridgehead atoms. The van der Waals surface area contributed by atoms with Crippen molar-refractivity contribution in [3.63, 3.8) is 0 Å². The van der Waals surface area contributed by atoms with Crippen molar-refractivity contribution < 1.29 is 0 Å². The molecule has 2 heterocycles. The normalized spacial score (nSPS) is 10.9. The molecule has 0 atom stereocenters. The number of fused-ring (bicyclic) bond motifs is 1. The van der Waals surface area contributed by atoms with Crippen LogP contribution in [0.15, 0.2) is 36.5 Å². The van der Waals surface area contributed by atoms with Crippen molar-refractivity contribution in [3.05, 3.63) is 47.0 Å². The van der Waals surface area contributed by atoms with Gasteiger partial charge in [0.05, 0.1) is 11.9 Å². The highest BCUT2D eigenvalue weighted by Crippen LogP contribution is 2.21. The van der Waals surface area contributed by atoms with Crippen LogP contribution in [0.3, 0.4) is 0 Å². The first-order valence-electron chi connectivity index (χ1n) is 4.88. The van der Waals surface area contributed by atoms with Gasteiger partial charge in [-0.1, -0.05) is 29.8 Å². The summed E-state index contributed by atoms with van der Waals surface area (Å²) in [5.74, 6) is 0. The van der Waals surface area contributed by atoms with Crippen molar-refractivity contribution >= 4 is 34.2 Å². The highest BCUT2D eigenvalue weighted by atomic mass is 35.5. The highest BCUT2D eigenvalue weighted by Gasteiger charge is 2.09. The monoisotopic (exact) mass is 264 g/mol. The lowest BCUT2D eigenvalue weighted by molar-refractivity contribution is 0.895. The average molecular weight is 265 g/mol. The second kappa shape index (κ2) is 3.98. The molecule has 1 aromatic carbocycles. The second-order valence-corrected chi connectivity index (χ2v) is 4.12. The fourth-order valence-electron chi connectivity index (χ4n) is 1.56. The highest BCUT2D eigenvalue weighted by molar-refractivity contribution is 6.35. The van der Waals surface area contributed by atoms with E-state index in [-0.39, 0.29) is 10.4 Å². The van der Waals surface area contributed by atoms with Crippen LogP contribution in [0, 0.1) is 0 Å². The molecule has 0 saturated heterocycles. The third-order valence-corrected chi connectivity index (χ3v) is 2.75. The molecule has 2 aromatic heterocycles. The first kappa shape index (κ1) is 10.5. The van der Waals surface area contributed by atoms with Gasteiger partial charge in [0.2, 0.25) is 5.28 Å². The summed E-state index contributed by atoms with van der Waals surface area (Å²) in [6.07, 6.45) is 1.77. The van der Waals surface area contributed by atoms with E-state index in [2.05, 4.69) is 15.1 Å². The van der Waals surface area contributed by atoms with Gasteiger partial charge in [0.15, 0.2) is 5.15 Å². The summed E-state index contributed by atoms with van der Waals surface area (Å²) in [5, 5.41) is 4.70. The Morgan fingerprint density at radius 3 is 2.53 bits per heavy atom. The molecule has 84 valence electrons. The number of halogens is 2. The van der Waals surface area contributed by atoms with Crippen molar-refractivity contribution in [1.29, 1.82) is 0 Å². The Morgan fingerprint density at radius 2 is 1.76 bits per heavy atom. The molecular formula is C11H6Cl2N4. The third-order valence-electron chi connectivity index (χ3n) is 2.31. The fourth-order valence-corrected chi connectivity index (χ4v) is 2.00. The van der Waals surface area contributed by atoms with Gasteiger partial charge >= 0.3 is 0 Å². The SMILES string of the molecule is Clc1nc(Cl)c2nn(-c3ccccc3)cc2n1. The van der Waals surface area contributed by atoms with Gasteiger partial charge < -0.3 is 0 Å². The van der Waals surface area contributed by atoms with Crippen LogP contribution < -0.4 is 0 Å². The van der Waals surface area contributed by atoms with Crippen LogP contribution in [-0.2, 0) is 0 Å². The van der Waals surface area contributed by atoms with Gasteiger partial charge in [-0.05, 0) is 23.7 Å². The molecule has 0 amide bonds. The van der Waals surface area contributed by atoms with E-state index in [1.807, 2.05) is 30.3 Å². The lowest BCUT2D eigenvalue weighted by Gasteiger charge is -1.97. The van der Waals surface area contributed by atoms with E-state index in [1.165, 1.54) is 0 Å². The average Bonchev–Trinajstić information content (AvgIpc) is 2.74. The van der Waals surface area contributed by atoms with Crippen LogP contribution in [-0.4, -0.2) is 19.7 Å².